The highest BCUT2D eigenvalue weighted by Gasteiger charge is 2.38. The summed E-state index contributed by atoms with van der Waals surface area (Å²) >= 11 is 0. The van der Waals surface area contributed by atoms with Gasteiger partial charge < -0.3 is 19.0 Å². The standard InChI is InChI=1S/C12H25O5P/c1-9(2)8-12(5,10(3)4)11(13)16-6-7-17-18(14)15/h9-10,14-15H,6-8H2,1-5H3. The van der Waals surface area contributed by atoms with E-state index in [0.717, 1.165) is 6.42 Å². The Kier molecular flexibility index (Phi) is 7.95. The van der Waals surface area contributed by atoms with Crippen LogP contribution in [0.2, 0.25) is 0 Å². The van der Waals surface area contributed by atoms with Crippen molar-refractivity contribution in [2.45, 2.75) is 41.0 Å². The first-order valence-corrected chi connectivity index (χ1v) is 7.34. The molecule has 0 aliphatic rings. The molecule has 0 saturated carbocycles. The molecule has 0 aromatic carbocycles. The Labute approximate surface area is 110 Å². The minimum absolute atomic E-state index is 0.000295. The van der Waals surface area contributed by atoms with Crippen LogP contribution >= 0.6 is 8.60 Å². The smallest absolute Gasteiger partial charge is 0.327 e. The molecule has 0 fully saturated rings. The molecule has 0 rings (SSSR count). The highest BCUT2D eigenvalue weighted by Crippen LogP contribution is 2.35. The molecule has 0 aromatic rings. The van der Waals surface area contributed by atoms with Crippen LogP contribution in [-0.4, -0.2) is 29.0 Å². The summed E-state index contributed by atoms with van der Waals surface area (Å²) in [6.45, 7) is 10.1. The van der Waals surface area contributed by atoms with Crippen LogP contribution in [0.15, 0.2) is 0 Å². The molecular formula is C12H25O5P. The molecule has 0 aromatic heterocycles. The SMILES string of the molecule is CC(C)CC(C)(C(=O)OCCOP(O)O)C(C)C. The lowest BCUT2D eigenvalue weighted by molar-refractivity contribution is -0.159. The first-order chi connectivity index (χ1) is 8.20. The van der Waals surface area contributed by atoms with Crippen LogP contribution in [-0.2, 0) is 14.1 Å². The van der Waals surface area contributed by atoms with Crippen LogP contribution in [0.5, 0.6) is 0 Å². The molecule has 1 atom stereocenters. The van der Waals surface area contributed by atoms with Gasteiger partial charge in [-0.25, -0.2) is 0 Å². The van der Waals surface area contributed by atoms with Gasteiger partial charge in [-0.1, -0.05) is 27.7 Å². The second-order valence-corrected chi connectivity index (χ2v) is 6.16. The summed E-state index contributed by atoms with van der Waals surface area (Å²) in [6, 6.07) is 0. The van der Waals surface area contributed by atoms with Gasteiger partial charge in [0.15, 0.2) is 0 Å². The summed E-state index contributed by atoms with van der Waals surface area (Å²) in [4.78, 5) is 29.2. The maximum Gasteiger partial charge on any atom is 0.327 e. The molecule has 1 unspecified atom stereocenters. The van der Waals surface area contributed by atoms with Crippen molar-refractivity contribution in [3.05, 3.63) is 0 Å². The summed E-state index contributed by atoms with van der Waals surface area (Å²) in [7, 11) is -2.38. The van der Waals surface area contributed by atoms with Crippen LogP contribution in [0.25, 0.3) is 0 Å². The molecule has 0 saturated heterocycles. The van der Waals surface area contributed by atoms with Crippen molar-refractivity contribution in [1.82, 2.24) is 0 Å². The summed E-state index contributed by atoms with van der Waals surface area (Å²) in [5, 5.41) is 0. The number of carbonyl (C=O) groups excluding carboxylic acids is 1. The summed E-state index contributed by atoms with van der Waals surface area (Å²) in [5.74, 6) is 0.333. The molecule has 2 N–H and O–H groups in total. The number of ether oxygens (including phenoxy) is 1. The normalized spacial score (nSPS) is 15.2. The van der Waals surface area contributed by atoms with Crippen molar-refractivity contribution >= 4 is 14.6 Å². The summed E-state index contributed by atoms with van der Waals surface area (Å²) < 4.78 is 9.69. The van der Waals surface area contributed by atoms with Gasteiger partial charge in [0.1, 0.15) is 6.61 Å². The van der Waals surface area contributed by atoms with Crippen molar-refractivity contribution in [1.29, 1.82) is 0 Å². The lowest BCUT2D eigenvalue weighted by Gasteiger charge is -2.32. The predicted molar refractivity (Wildman–Crippen MR) is 70.7 cm³/mol. The van der Waals surface area contributed by atoms with Crippen LogP contribution in [0.1, 0.15) is 41.0 Å². The van der Waals surface area contributed by atoms with Gasteiger partial charge in [-0.05, 0) is 25.2 Å². The Morgan fingerprint density at radius 2 is 1.78 bits per heavy atom. The fourth-order valence-electron chi connectivity index (χ4n) is 1.82. The van der Waals surface area contributed by atoms with Gasteiger partial charge in [0.2, 0.25) is 0 Å². The lowest BCUT2D eigenvalue weighted by Crippen LogP contribution is -2.36. The van der Waals surface area contributed by atoms with Gasteiger partial charge in [0.25, 0.3) is 0 Å². The van der Waals surface area contributed by atoms with Crippen molar-refractivity contribution in [3.63, 3.8) is 0 Å². The van der Waals surface area contributed by atoms with Gasteiger partial charge in [-0.3, -0.25) is 4.79 Å². The van der Waals surface area contributed by atoms with E-state index in [2.05, 4.69) is 18.4 Å². The quantitative estimate of drug-likeness (QED) is 0.406. The third kappa shape index (κ3) is 6.10. The zero-order valence-corrected chi connectivity index (χ0v) is 12.7. The fourth-order valence-corrected chi connectivity index (χ4v) is 2.06. The maximum absolute atomic E-state index is 12.1. The zero-order valence-electron chi connectivity index (χ0n) is 11.8. The monoisotopic (exact) mass is 280 g/mol. The Hall–Kier alpha value is -0.220. The number of rotatable bonds is 8. The molecule has 0 amide bonds. The summed E-state index contributed by atoms with van der Waals surface area (Å²) in [6.07, 6.45) is 0.761. The first kappa shape index (κ1) is 17.8. The van der Waals surface area contributed by atoms with E-state index in [9.17, 15) is 4.79 Å². The van der Waals surface area contributed by atoms with Crippen molar-refractivity contribution < 1.29 is 23.8 Å². The minimum Gasteiger partial charge on any atom is -0.463 e. The van der Waals surface area contributed by atoms with Crippen LogP contribution in [0, 0.1) is 17.3 Å². The summed E-state index contributed by atoms with van der Waals surface area (Å²) in [5.41, 5.74) is -0.517. The third-order valence-corrected chi connectivity index (χ3v) is 3.51. The molecule has 0 aliphatic heterocycles. The van der Waals surface area contributed by atoms with Crippen molar-refractivity contribution in [2.24, 2.45) is 17.3 Å². The molecule has 0 aliphatic carbocycles. The van der Waals surface area contributed by atoms with Gasteiger partial charge in [-0.15, -0.1) is 0 Å². The van der Waals surface area contributed by atoms with Gasteiger partial charge >= 0.3 is 14.6 Å². The zero-order chi connectivity index (χ0) is 14.3. The molecule has 6 heteroatoms. The average Bonchev–Trinajstić information content (AvgIpc) is 2.22. The van der Waals surface area contributed by atoms with E-state index in [1.54, 1.807) is 0 Å². The molecule has 0 bridgehead atoms. The average molecular weight is 280 g/mol. The molecule has 5 nitrogen and oxygen atoms in total. The molecule has 18 heavy (non-hydrogen) atoms. The molecule has 0 radical (unpaired) electrons. The Bertz CT molecular complexity index is 255. The fraction of sp³-hybridized carbons (Fsp3) is 0.917. The molecule has 0 heterocycles. The highest BCUT2D eigenvalue weighted by atomic mass is 31.2. The second kappa shape index (κ2) is 8.05. The van der Waals surface area contributed by atoms with Crippen LogP contribution in [0.4, 0.5) is 0 Å². The highest BCUT2D eigenvalue weighted by molar-refractivity contribution is 7.39. The third-order valence-electron chi connectivity index (χ3n) is 3.10. The minimum atomic E-state index is -2.38. The topological polar surface area (TPSA) is 76.0 Å². The second-order valence-electron chi connectivity index (χ2n) is 5.39. The first-order valence-electron chi connectivity index (χ1n) is 6.18. The number of carbonyl (C=O) groups is 1. The van der Waals surface area contributed by atoms with Gasteiger partial charge in [0, 0.05) is 0 Å². The van der Waals surface area contributed by atoms with E-state index in [4.69, 9.17) is 14.5 Å². The molecular weight excluding hydrogens is 255 g/mol. The number of hydrogen-bond acceptors (Lipinski definition) is 5. The molecule has 108 valence electrons. The largest absolute Gasteiger partial charge is 0.463 e. The van der Waals surface area contributed by atoms with E-state index in [1.165, 1.54) is 0 Å². The maximum atomic E-state index is 12.1. The van der Waals surface area contributed by atoms with E-state index in [0.29, 0.717) is 5.92 Å². The van der Waals surface area contributed by atoms with E-state index >= 15 is 0 Å². The number of esters is 1. The van der Waals surface area contributed by atoms with Gasteiger partial charge in [-0.2, -0.15) is 0 Å². The number of hydrogen-bond donors (Lipinski definition) is 2. The Morgan fingerprint density at radius 1 is 1.22 bits per heavy atom. The molecule has 0 spiro atoms. The van der Waals surface area contributed by atoms with Crippen LogP contribution < -0.4 is 0 Å². The Morgan fingerprint density at radius 3 is 2.17 bits per heavy atom. The lowest BCUT2D eigenvalue weighted by atomic mass is 9.73. The van der Waals surface area contributed by atoms with Crippen molar-refractivity contribution in [3.8, 4) is 0 Å². The van der Waals surface area contributed by atoms with E-state index in [1.807, 2.05) is 20.8 Å². The predicted octanol–water partition coefficient (Wildman–Crippen LogP) is 2.47. The Balaban J connectivity index is 4.32. The van der Waals surface area contributed by atoms with Crippen molar-refractivity contribution in [2.75, 3.05) is 13.2 Å². The van der Waals surface area contributed by atoms with Crippen LogP contribution in [0.3, 0.4) is 0 Å². The van der Waals surface area contributed by atoms with E-state index < -0.39 is 14.0 Å². The van der Waals surface area contributed by atoms with Gasteiger partial charge in [0.05, 0.1) is 12.0 Å². The van der Waals surface area contributed by atoms with E-state index in [-0.39, 0.29) is 25.1 Å².